The van der Waals surface area contributed by atoms with E-state index in [4.69, 9.17) is 38.0 Å². The quantitative estimate of drug-likeness (QED) is 0.612. The summed E-state index contributed by atoms with van der Waals surface area (Å²) in [6.45, 7) is 0.184. The largest absolute Gasteiger partial charge is 0.480 e. The molecule has 2 N–H and O–H groups in total. The number of nitrogens with zero attached hydrogens (tertiary/aromatic N) is 4. The lowest BCUT2D eigenvalue weighted by Gasteiger charge is -2.28. The number of ether oxygens (including phenoxy) is 1. The molecule has 1 aromatic carbocycles. The van der Waals surface area contributed by atoms with Gasteiger partial charge in [-0.2, -0.15) is 0 Å². The number of pyridine rings is 1. The molecule has 4 rings (SSSR count). The predicted octanol–water partition coefficient (Wildman–Crippen LogP) is 2.77. The minimum absolute atomic E-state index is 0.0663. The molecule has 2 atom stereocenters. The monoisotopic (exact) mass is 436 g/mol. The molecule has 1 fully saturated rings. The number of carboxylic acids is 1. The highest BCUT2D eigenvalue weighted by Crippen LogP contribution is 2.36. The molecule has 1 aliphatic rings. The van der Waals surface area contributed by atoms with Crippen molar-refractivity contribution in [2.24, 2.45) is 0 Å². The molecule has 0 spiro atoms. The Hall–Kier alpha value is -2.39. The van der Waals surface area contributed by atoms with E-state index >= 15 is 0 Å². The summed E-state index contributed by atoms with van der Waals surface area (Å²) in [7, 11) is 0. The Labute approximate surface area is 176 Å². The fourth-order valence-corrected chi connectivity index (χ4v) is 3.91. The lowest BCUT2D eigenvalue weighted by molar-refractivity contribution is -0.142. The SMILES string of the molecule is O=C(O)COC[C@@H]1[C@@H](O)CCN1c1cc(-n2ccnc2)c2ccc(Cl)c(Cl)c2n1. The van der Waals surface area contributed by atoms with Crippen LogP contribution in [0.5, 0.6) is 0 Å². The number of hydrogen-bond acceptors (Lipinski definition) is 6. The number of aliphatic hydroxyl groups excluding tert-OH is 1. The van der Waals surface area contributed by atoms with Gasteiger partial charge in [-0.3, -0.25) is 0 Å². The van der Waals surface area contributed by atoms with Gasteiger partial charge < -0.3 is 24.4 Å². The first kappa shape index (κ1) is 19.9. The van der Waals surface area contributed by atoms with Crippen LogP contribution in [0.25, 0.3) is 16.6 Å². The van der Waals surface area contributed by atoms with Crippen molar-refractivity contribution >= 4 is 45.9 Å². The number of aliphatic hydroxyl groups is 1. The van der Waals surface area contributed by atoms with Crippen molar-refractivity contribution in [1.82, 2.24) is 14.5 Å². The van der Waals surface area contributed by atoms with Crippen LogP contribution in [0.1, 0.15) is 6.42 Å². The first-order valence-electron chi connectivity index (χ1n) is 8.97. The van der Waals surface area contributed by atoms with Gasteiger partial charge in [0.25, 0.3) is 0 Å². The molecule has 0 unspecified atom stereocenters. The van der Waals surface area contributed by atoms with E-state index < -0.39 is 24.7 Å². The first-order valence-corrected chi connectivity index (χ1v) is 9.72. The van der Waals surface area contributed by atoms with Crippen LogP contribution in [0.15, 0.2) is 36.9 Å². The summed E-state index contributed by atoms with van der Waals surface area (Å²) < 4.78 is 7.09. The molecule has 0 amide bonds. The maximum absolute atomic E-state index is 10.7. The van der Waals surface area contributed by atoms with Gasteiger partial charge in [-0.05, 0) is 18.6 Å². The maximum atomic E-state index is 10.7. The second kappa shape index (κ2) is 8.16. The van der Waals surface area contributed by atoms with E-state index in [1.807, 2.05) is 27.8 Å². The van der Waals surface area contributed by atoms with Crippen molar-refractivity contribution in [3.05, 3.63) is 47.0 Å². The molecule has 10 heteroatoms. The molecule has 0 radical (unpaired) electrons. The predicted molar refractivity (Wildman–Crippen MR) is 109 cm³/mol. The normalized spacial score (nSPS) is 19.2. The Morgan fingerprint density at radius 1 is 1.34 bits per heavy atom. The average Bonchev–Trinajstić information content (AvgIpc) is 3.35. The van der Waals surface area contributed by atoms with Crippen LogP contribution in [-0.4, -0.2) is 62.6 Å². The topological polar surface area (TPSA) is 101 Å². The van der Waals surface area contributed by atoms with Crippen LogP contribution in [-0.2, 0) is 9.53 Å². The lowest BCUT2D eigenvalue weighted by atomic mass is 10.1. The van der Waals surface area contributed by atoms with E-state index in [0.717, 1.165) is 11.1 Å². The Bertz CT molecular complexity index is 1040. The van der Waals surface area contributed by atoms with E-state index in [1.165, 1.54) is 0 Å². The average molecular weight is 437 g/mol. The Kier molecular flexibility index (Phi) is 5.60. The summed E-state index contributed by atoms with van der Waals surface area (Å²) >= 11 is 12.7. The number of aliphatic carboxylic acids is 1. The lowest BCUT2D eigenvalue weighted by Crippen LogP contribution is -2.40. The van der Waals surface area contributed by atoms with Gasteiger partial charge in [0.15, 0.2) is 0 Å². The highest BCUT2D eigenvalue weighted by molar-refractivity contribution is 6.45. The van der Waals surface area contributed by atoms with Crippen molar-refractivity contribution in [1.29, 1.82) is 0 Å². The van der Waals surface area contributed by atoms with Gasteiger partial charge in [0, 0.05) is 30.4 Å². The molecule has 0 bridgehead atoms. The summed E-state index contributed by atoms with van der Waals surface area (Å²) in [6.07, 6.45) is 5.02. The smallest absolute Gasteiger partial charge is 0.329 e. The highest BCUT2D eigenvalue weighted by atomic mass is 35.5. The maximum Gasteiger partial charge on any atom is 0.329 e. The molecule has 1 aliphatic heterocycles. The third-order valence-corrected chi connectivity index (χ3v) is 5.73. The fourth-order valence-electron chi connectivity index (χ4n) is 3.55. The van der Waals surface area contributed by atoms with Gasteiger partial charge in [0.05, 0.1) is 46.3 Å². The molecule has 29 heavy (non-hydrogen) atoms. The van der Waals surface area contributed by atoms with Gasteiger partial charge in [0.1, 0.15) is 12.4 Å². The van der Waals surface area contributed by atoms with Gasteiger partial charge in [0.2, 0.25) is 0 Å². The van der Waals surface area contributed by atoms with Crippen LogP contribution in [0.3, 0.4) is 0 Å². The Balaban J connectivity index is 1.78. The number of aromatic nitrogens is 3. The minimum atomic E-state index is -1.06. The second-order valence-electron chi connectivity index (χ2n) is 6.75. The molecular weight excluding hydrogens is 419 g/mol. The van der Waals surface area contributed by atoms with E-state index in [0.29, 0.717) is 34.3 Å². The van der Waals surface area contributed by atoms with E-state index in [-0.39, 0.29) is 6.61 Å². The molecule has 152 valence electrons. The number of rotatable bonds is 6. The van der Waals surface area contributed by atoms with E-state index in [2.05, 4.69) is 4.98 Å². The van der Waals surface area contributed by atoms with Crippen LogP contribution in [0.2, 0.25) is 10.0 Å². The number of carboxylic acid groups (broad SMARTS) is 1. The van der Waals surface area contributed by atoms with Crippen LogP contribution < -0.4 is 4.90 Å². The molecule has 8 nitrogen and oxygen atoms in total. The number of anilines is 1. The number of carbonyl (C=O) groups is 1. The van der Waals surface area contributed by atoms with E-state index in [1.54, 1.807) is 18.6 Å². The zero-order chi connectivity index (χ0) is 20.5. The third-order valence-electron chi connectivity index (χ3n) is 4.94. The van der Waals surface area contributed by atoms with Crippen molar-refractivity contribution in [2.75, 3.05) is 24.7 Å². The molecule has 2 aromatic heterocycles. The van der Waals surface area contributed by atoms with Gasteiger partial charge in [-0.15, -0.1) is 0 Å². The van der Waals surface area contributed by atoms with Crippen molar-refractivity contribution in [3.8, 4) is 5.69 Å². The summed E-state index contributed by atoms with van der Waals surface area (Å²) in [6, 6.07) is 5.03. The number of imidazole rings is 1. The summed E-state index contributed by atoms with van der Waals surface area (Å²) in [5, 5.41) is 20.7. The molecule has 3 heterocycles. The molecular formula is C19H18Cl2N4O4. The fraction of sp³-hybridized carbons (Fsp3) is 0.316. The molecule has 3 aromatic rings. The highest BCUT2D eigenvalue weighted by Gasteiger charge is 2.34. The van der Waals surface area contributed by atoms with Crippen molar-refractivity contribution in [3.63, 3.8) is 0 Å². The van der Waals surface area contributed by atoms with Crippen molar-refractivity contribution < 1.29 is 19.7 Å². The van der Waals surface area contributed by atoms with Gasteiger partial charge in [-0.1, -0.05) is 23.2 Å². The zero-order valence-corrected chi connectivity index (χ0v) is 16.7. The first-order chi connectivity index (χ1) is 14.0. The molecule has 0 aliphatic carbocycles. The molecule has 0 saturated carbocycles. The van der Waals surface area contributed by atoms with Crippen LogP contribution in [0.4, 0.5) is 5.82 Å². The van der Waals surface area contributed by atoms with Crippen LogP contribution >= 0.6 is 23.2 Å². The van der Waals surface area contributed by atoms with Crippen LogP contribution in [0, 0.1) is 0 Å². The summed E-state index contributed by atoms with van der Waals surface area (Å²) in [4.78, 5) is 21.5. The Morgan fingerprint density at radius 3 is 2.90 bits per heavy atom. The number of hydrogen-bond donors (Lipinski definition) is 2. The number of benzene rings is 1. The zero-order valence-electron chi connectivity index (χ0n) is 15.2. The van der Waals surface area contributed by atoms with Gasteiger partial charge >= 0.3 is 5.97 Å². The summed E-state index contributed by atoms with van der Waals surface area (Å²) in [5.74, 6) is -0.470. The minimum Gasteiger partial charge on any atom is -0.480 e. The number of fused-ring (bicyclic) bond motifs is 1. The third kappa shape index (κ3) is 3.89. The number of halogens is 2. The van der Waals surface area contributed by atoms with Crippen molar-refractivity contribution in [2.45, 2.75) is 18.6 Å². The van der Waals surface area contributed by atoms with Gasteiger partial charge in [-0.25, -0.2) is 14.8 Å². The second-order valence-corrected chi connectivity index (χ2v) is 7.54. The van der Waals surface area contributed by atoms with E-state index in [9.17, 15) is 9.90 Å². The molecule has 1 saturated heterocycles. The summed E-state index contributed by atoms with van der Waals surface area (Å²) in [5.41, 5.74) is 1.35. The Morgan fingerprint density at radius 2 is 2.17 bits per heavy atom. The standard InChI is InChI=1S/C19H18Cl2N4O4/c20-12-2-1-11-13(24-6-4-22-10-24)7-16(23-19(11)18(12)21)25-5-3-15(26)14(25)8-29-9-17(27)28/h1-2,4,6-7,10,14-15,26H,3,5,8-9H2,(H,27,28)/t14-,15+/m1/s1.